The molecule has 194 valence electrons. The van der Waals surface area contributed by atoms with Gasteiger partial charge in [-0.1, -0.05) is 0 Å². The first-order valence-corrected chi connectivity index (χ1v) is 11.4. The molecule has 3 N–H and O–H groups in total. The van der Waals surface area contributed by atoms with Crippen molar-refractivity contribution in [2.45, 2.75) is 50.1 Å². The Morgan fingerprint density at radius 2 is 2.00 bits per heavy atom. The van der Waals surface area contributed by atoms with Gasteiger partial charge in [0.25, 0.3) is 10.0 Å². The average Bonchev–Trinajstić information content (AvgIpc) is 3.14. The average molecular weight is 527 g/mol. The molecule has 35 heavy (non-hydrogen) atoms. The van der Waals surface area contributed by atoms with Gasteiger partial charge in [-0.05, 0) is 39.0 Å². The number of halogens is 5. The number of sulfonamides is 1. The fourth-order valence-corrected chi connectivity index (χ4v) is 4.77. The van der Waals surface area contributed by atoms with Crippen molar-refractivity contribution in [1.29, 1.82) is 0 Å². The lowest BCUT2D eigenvalue weighted by Gasteiger charge is -2.35. The molecule has 0 spiro atoms. The SMILES string of the molecule is Cc1nn(C(F)F)cc1S(=O)(=O)N1CC(CN)Oc2ccc(NC(=O)OC(C)(C)C(F)(F)F)cc21. The molecule has 1 aliphatic heterocycles. The highest BCUT2D eigenvalue weighted by molar-refractivity contribution is 7.92. The van der Waals surface area contributed by atoms with Crippen molar-refractivity contribution in [3.8, 4) is 5.75 Å². The number of carbonyl (C=O) groups is 1. The van der Waals surface area contributed by atoms with Crippen LogP contribution in [0, 0.1) is 6.92 Å². The van der Waals surface area contributed by atoms with E-state index in [9.17, 15) is 35.2 Å². The molecule has 0 saturated carbocycles. The monoisotopic (exact) mass is 527 g/mol. The van der Waals surface area contributed by atoms with Crippen molar-refractivity contribution in [3.63, 3.8) is 0 Å². The number of nitrogens with zero attached hydrogens (tertiary/aromatic N) is 3. The fourth-order valence-electron chi connectivity index (χ4n) is 3.11. The Balaban J connectivity index is 1.97. The van der Waals surface area contributed by atoms with Gasteiger partial charge in [0.2, 0.25) is 5.60 Å². The molecule has 1 aliphatic rings. The van der Waals surface area contributed by atoms with E-state index in [2.05, 4.69) is 15.2 Å². The second-order valence-corrected chi connectivity index (χ2v) is 9.88. The van der Waals surface area contributed by atoms with Crippen LogP contribution in [0.25, 0.3) is 0 Å². The first-order valence-electron chi connectivity index (χ1n) is 10.0. The minimum absolute atomic E-state index is 0.0312. The Hall–Kier alpha value is -3.14. The lowest BCUT2D eigenvalue weighted by Crippen LogP contribution is -2.46. The molecule has 3 rings (SSSR count). The van der Waals surface area contributed by atoms with Gasteiger partial charge in [0.1, 0.15) is 16.7 Å². The van der Waals surface area contributed by atoms with E-state index in [-0.39, 0.29) is 40.6 Å². The van der Waals surface area contributed by atoms with Crippen LogP contribution in [0.2, 0.25) is 0 Å². The minimum atomic E-state index is -4.84. The smallest absolute Gasteiger partial charge is 0.427 e. The Bertz CT molecular complexity index is 1220. The molecule has 1 atom stereocenters. The van der Waals surface area contributed by atoms with E-state index in [1.54, 1.807) is 0 Å². The van der Waals surface area contributed by atoms with Crippen molar-refractivity contribution >= 4 is 27.5 Å². The van der Waals surface area contributed by atoms with Gasteiger partial charge in [0.05, 0.1) is 24.1 Å². The second-order valence-electron chi connectivity index (χ2n) is 8.05. The number of benzene rings is 1. The molecule has 2 aromatic rings. The summed E-state index contributed by atoms with van der Waals surface area (Å²) in [7, 11) is -4.47. The molecule has 0 saturated heterocycles. The summed E-state index contributed by atoms with van der Waals surface area (Å²) in [5.41, 5.74) is 2.45. The summed E-state index contributed by atoms with van der Waals surface area (Å²) in [6.07, 6.45) is -6.39. The highest BCUT2D eigenvalue weighted by Gasteiger charge is 2.51. The maximum absolute atomic E-state index is 13.4. The molecule has 0 bridgehead atoms. The van der Waals surface area contributed by atoms with Gasteiger partial charge in [-0.15, -0.1) is 0 Å². The summed E-state index contributed by atoms with van der Waals surface area (Å²) in [5.74, 6) is 0.0312. The van der Waals surface area contributed by atoms with Crippen molar-refractivity contribution < 1.29 is 44.6 Å². The zero-order valence-electron chi connectivity index (χ0n) is 18.6. The Kier molecular flexibility index (Phi) is 6.91. The molecule has 0 aliphatic carbocycles. The zero-order chi connectivity index (χ0) is 26.3. The Morgan fingerprint density at radius 3 is 2.54 bits per heavy atom. The number of ether oxygens (including phenoxy) is 2. The molecular weight excluding hydrogens is 505 g/mol. The maximum Gasteiger partial charge on any atom is 0.427 e. The summed E-state index contributed by atoms with van der Waals surface area (Å²) in [6.45, 7) is -0.898. The summed E-state index contributed by atoms with van der Waals surface area (Å²) in [5, 5.41) is 5.63. The van der Waals surface area contributed by atoms with Crippen molar-refractivity contribution in [2.24, 2.45) is 5.73 Å². The van der Waals surface area contributed by atoms with Crippen LogP contribution in [0.3, 0.4) is 0 Å². The number of hydrogen-bond acceptors (Lipinski definition) is 7. The van der Waals surface area contributed by atoms with E-state index in [1.165, 1.54) is 19.1 Å². The molecule has 1 unspecified atom stereocenters. The zero-order valence-corrected chi connectivity index (χ0v) is 19.5. The number of nitrogens with two attached hydrogens (primary N) is 1. The number of aryl methyl sites for hydroxylation is 1. The summed E-state index contributed by atoms with van der Waals surface area (Å²) >= 11 is 0. The number of rotatable bonds is 6. The lowest BCUT2D eigenvalue weighted by atomic mass is 10.1. The van der Waals surface area contributed by atoms with Gasteiger partial charge in [0, 0.05) is 12.2 Å². The number of amides is 1. The van der Waals surface area contributed by atoms with E-state index in [0.717, 1.165) is 10.4 Å². The van der Waals surface area contributed by atoms with Crippen LogP contribution in [-0.4, -0.2) is 55.3 Å². The molecule has 1 amide bonds. The summed E-state index contributed by atoms with van der Waals surface area (Å²) < 4.78 is 103. The van der Waals surface area contributed by atoms with E-state index in [1.807, 2.05) is 0 Å². The molecule has 1 aromatic heterocycles. The topological polar surface area (TPSA) is 129 Å². The normalized spacial score (nSPS) is 16.6. The second kappa shape index (κ2) is 9.14. The molecule has 16 heteroatoms. The van der Waals surface area contributed by atoms with E-state index < -0.39 is 45.4 Å². The van der Waals surface area contributed by atoms with Crippen LogP contribution >= 0.6 is 0 Å². The predicted octanol–water partition coefficient (Wildman–Crippen LogP) is 3.39. The minimum Gasteiger partial charge on any atom is -0.485 e. The van der Waals surface area contributed by atoms with Crippen LogP contribution in [0.4, 0.5) is 38.1 Å². The van der Waals surface area contributed by atoms with Crippen LogP contribution in [0.1, 0.15) is 26.1 Å². The fraction of sp³-hybridized carbons (Fsp3) is 0.474. The van der Waals surface area contributed by atoms with Crippen LogP contribution in [0.15, 0.2) is 29.3 Å². The number of anilines is 2. The predicted molar refractivity (Wildman–Crippen MR) is 113 cm³/mol. The first-order chi connectivity index (χ1) is 16.1. The van der Waals surface area contributed by atoms with Gasteiger partial charge in [0.15, 0.2) is 0 Å². The van der Waals surface area contributed by atoms with Gasteiger partial charge in [-0.3, -0.25) is 9.62 Å². The number of fused-ring (bicyclic) bond motifs is 1. The molecule has 0 fully saturated rings. The van der Waals surface area contributed by atoms with Crippen molar-refractivity contribution in [3.05, 3.63) is 30.1 Å². The van der Waals surface area contributed by atoms with Crippen molar-refractivity contribution in [2.75, 3.05) is 22.7 Å². The first kappa shape index (κ1) is 26.5. The number of nitrogens with one attached hydrogen (secondary N) is 1. The largest absolute Gasteiger partial charge is 0.485 e. The molecule has 0 radical (unpaired) electrons. The third-order valence-electron chi connectivity index (χ3n) is 5.07. The van der Waals surface area contributed by atoms with Crippen LogP contribution in [-0.2, 0) is 14.8 Å². The molecule has 10 nitrogen and oxygen atoms in total. The van der Waals surface area contributed by atoms with Crippen molar-refractivity contribution in [1.82, 2.24) is 9.78 Å². The van der Waals surface area contributed by atoms with Gasteiger partial charge in [-0.25, -0.2) is 17.9 Å². The summed E-state index contributed by atoms with van der Waals surface area (Å²) in [6, 6.07) is 3.67. The van der Waals surface area contributed by atoms with Gasteiger partial charge >= 0.3 is 18.8 Å². The van der Waals surface area contributed by atoms with Gasteiger partial charge < -0.3 is 15.2 Å². The number of aromatic nitrogens is 2. The summed E-state index contributed by atoms with van der Waals surface area (Å²) in [4.78, 5) is 11.6. The van der Waals surface area contributed by atoms with E-state index >= 15 is 0 Å². The van der Waals surface area contributed by atoms with E-state index in [4.69, 9.17) is 10.5 Å². The highest BCUT2D eigenvalue weighted by Crippen LogP contribution is 2.40. The number of alkyl halides is 5. The number of carbonyl (C=O) groups excluding carboxylic acids is 1. The third-order valence-corrected chi connectivity index (χ3v) is 6.95. The van der Waals surface area contributed by atoms with Crippen LogP contribution < -0.4 is 20.1 Å². The third kappa shape index (κ3) is 5.27. The standard InChI is InChI=1S/C19H22F5N5O5S/c1-10-15(9-28(27-10)16(20)21)35(31,32)29-8-12(7-25)33-14-5-4-11(6-13(14)29)26-17(30)34-18(2,3)19(22,23)24/h4-6,9,12,16H,7-8,25H2,1-3H3,(H,26,30). The molecule has 2 heterocycles. The Morgan fingerprint density at radius 1 is 1.34 bits per heavy atom. The Labute approximate surface area is 196 Å². The van der Waals surface area contributed by atoms with E-state index in [0.29, 0.717) is 20.0 Å². The quantitative estimate of drug-likeness (QED) is 0.551. The highest BCUT2D eigenvalue weighted by atomic mass is 32.2. The van der Waals surface area contributed by atoms with Crippen LogP contribution in [0.5, 0.6) is 5.75 Å². The maximum atomic E-state index is 13.4. The van der Waals surface area contributed by atoms with Gasteiger partial charge in [-0.2, -0.15) is 27.1 Å². The number of hydrogen-bond donors (Lipinski definition) is 2. The molecule has 1 aromatic carbocycles. The lowest BCUT2D eigenvalue weighted by molar-refractivity contribution is -0.242. The molecular formula is C19H22F5N5O5S.